The van der Waals surface area contributed by atoms with Crippen LogP contribution in [-0.4, -0.2) is 22.1 Å². The van der Waals surface area contributed by atoms with Crippen LogP contribution in [0.4, 0.5) is 5.69 Å². The van der Waals surface area contributed by atoms with E-state index < -0.39 is 5.97 Å². The molecule has 3 N–H and O–H groups in total. The number of carbonyl (C=O) groups excluding carboxylic acids is 1. The standard InChI is InChI=1S/C16H15NO4/c18-14-3-1-2-12(8-14)9-15(19)17-13-6-4-11(5-7-13)10-16(20)21/h1-8,18H,9-10H2,(H,17,19)(H,20,21). The minimum atomic E-state index is -0.893. The Morgan fingerprint density at radius 1 is 0.952 bits per heavy atom. The number of anilines is 1. The van der Waals surface area contributed by atoms with Gasteiger partial charge in [0, 0.05) is 5.69 Å². The maximum absolute atomic E-state index is 11.9. The van der Waals surface area contributed by atoms with Gasteiger partial charge in [0.2, 0.25) is 5.91 Å². The molecule has 2 rings (SSSR count). The van der Waals surface area contributed by atoms with E-state index in [1.807, 2.05) is 0 Å². The van der Waals surface area contributed by atoms with Crippen molar-refractivity contribution in [2.45, 2.75) is 12.8 Å². The number of hydrogen-bond donors (Lipinski definition) is 3. The summed E-state index contributed by atoms with van der Waals surface area (Å²) in [7, 11) is 0. The van der Waals surface area contributed by atoms with Gasteiger partial charge in [0.25, 0.3) is 0 Å². The third-order valence-electron chi connectivity index (χ3n) is 2.87. The molecule has 21 heavy (non-hydrogen) atoms. The first-order valence-corrected chi connectivity index (χ1v) is 6.41. The highest BCUT2D eigenvalue weighted by molar-refractivity contribution is 5.92. The fourth-order valence-corrected chi connectivity index (χ4v) is 1.94. The third-order valence-corrected chi connectivity index (χ3v) is 2.87. The van der Waals surface area contributed by atoms with E-state index in [1.165, 1.54) is 6.07 Å². The molecular weight excluding hydrogens is 270 g/mol. The molecule has 0 bridgehead atoms. The van der Waals surface area contributed by atoms with Crippen molar-refractivity contribution in [1.29, 1.82) is 0 Å². The molecule has 1 amide bonds. The Morgan fingerprint density at radius 2 is 1.67 bits per heavy atom. The minimum absolute atomic E-state index is 0.0441. The molecule has 0 unspecified atom stereocenters. The average Bonchev–Trinajstić information content (AvgIpc) is 2.40. The molecule has 5 nitrogen and oxygen atoms in total. The second-order valence-corrected chi connectivity index (χ2v) is 4.66. The van der Waals surface area contributed by atoms with Crippen LogP contribution in [0.2, 0.25) is 0 Å². The van der Waals surface area contributed by atoms with Gasteiger partial charge < -0.3 is 15.5 Å². The predicted octanol–water partition coefficient (Wildman–Crippen LogP) is 2.20. The number of rotatable bonds is 5. The van der Waals surface area contributed by atoms with E-state index in [4.69, 9.17) is 5.11 Å². The van der Waals surface area contributed by atoms with Crippen molar-refractivity contribution in [1.82, 2.24) is 0 Å². The predicted molar refractivity (Wildman–Crippen MR) is 78.2 cm³/mol. The molecule has 0 saturated heterocycles. The number of aromatic hydroxyl groups is 1. The van der Waals surface area contributed by atoms with Crippen LogP contribution in [0.15, 0.2) is 48.5 Å². The van der Waals surface area contributed by atoms with E-state index in [0.717, 1.165) is 5.56 Å². The molecule has 108 valence electrons. The summed E-state index contributed by atoms with van der Waals surface area (Å²) in [6.07, 6.45) is 0.114. The zero-order valence-electron chi connectivity index (χ0n) is 11.2. The molecule has 0 radical (unpaired) electrons. The first kappa shape index (κ1) is 14.6. The van der Waals surface area contributed by atoms with Crippen molar-refractivity contribution < 1.29 is 19.8 Å². The van der Waals surface area contributed by atoms with E-state index in [9.17, 15) is 14.7 Å². The number of carbonyl (C=O) groups is 2. The molecule has 0 spiro atoms. The average molecular weight is 285 g/mol. The quantitative estimate of drug-likeness (QED) is 0.786. The van der Waals surface area contributed by atoms with Gasteiger partial charge in [0.05, 0.1) is 12.8 Å². The summed E-state index contributed by atoms with van der Waals surface area (Å²) in [5.74, 6) is -0.972. The van der Waals surface area contributed by atoms with Crippen LogP contribution in [0, 0.1) is 0 Å². The SMILES string of the molecule is O=C(O)Cc1ccc(NC(=O)Cc2cccc(O)c2)cc1. The monoisotopic (exact) mass is 285 g/mol. The number of nitrogens with one attached hydrogen (secondary N) is 1. The topological polar surface area (TPSA) is 86.6 Å². The smallest absolute Gasteiger partial charge is 0.307 e. The minimum Gasteiger partial charge on any atom is -0.508 e. The number of aliphatic carboxylic acids is 1. The second-order valence-electron chi connectivity index (χ2n) is 4.66. The molecule has 5 heteroatoms. The number of phenolic OH excluding ortho intramolecular Hbond substituents is 1. The van der Waals surface area contributed by atoms with E-state index in [1.54, 1.807) is 42.5 Å². The van der Waals surface area contributed by atoms with Crippen molar-refractivity contribution in [3.05, 3.63) is 59.7 Å². The maximum Gasteiger partial charge on any atom is 0.307 e. The number of carboxylic acids is 1. The summed E-state index contributed by atoms with van der Waals surface area (Å²) < 4.78 is 0. The highest BCUT2D eigenvalue weighted by Crippen LogP contribution is 2.13. The molecule has 0 heterocycles. The Bertz CT molecular complexity index is 650. The lowest BCUT2D eigenvalue weighted by Gasteiger charge is -2.06. The molecular formula is C16H15NO4. The zero-order chi connectivity index (χ0) is 15.2. The fourth-order valence-electron chi connectivity index (χ4n) is 1.94. The van der Waals surface area contributed by atoms with E-state index in [0.29, 0.717) is 11.3 Å². The van der Waals surface area contributed by atoms with Crippen LogP contribution in [0.3, 0.4) is 0 Å². The number of phenols is 1. The molecule has 0 fully saturated rings. The fraction of sp³-hybridized carbons (Fsp3) is 0.125. The highest BCUT2D eigenvalue weighted by Gasteiger charge is 2.05. The van der Waals surface area contributed by atoms with Crippen LogP contribution in [0.25, 0.3) is 0 Å². The molecule has 2 aromatic carbocycles. The first-order valence-electron chi connectivity index (χ1n) is 6.41. The Morgan fingerprint density at radius 3 is 2.29 bits per heavy atom. The van der Waals surface area contributed by atoms with Gasteiger partial charge in [-0.15, -0.1) is 0 Å². The first-order chi connectivity index (χ1) is 10.0. The van der Waals surface area contributed by atoms with Crippen LogP contribution >= 0.6 is 0 Å². The Labute approximate surface area is 121 Å². The van der Waals surface area contributed by atoms with Crippen LogP contribution in [0.5, 0.6) is 5.75 Å². The summed E-state index contributed by atoms with van der Waals surface area (Å²) in [5, 5.41) is 20.7. The lowest BCUT2D eigenvalue weighted by atomic mass is 10.1. The summed E-state index contributed by atoms with van der Waals surface area (Å²) >= 11 is 0. The molecule has 0 atom stereocenters. The van der Waals surface area contributed by atoms with E-state index in [-0.39, 0.29) is 24.5 Å². The lowest BCUT2D eigenvalue weighted by Crippen LogP contribution is -2.14. The molecule has 0 aliphatic carbocycles. The van der Waals surface area contributed by atoms with Crippen molar-refractivity contribution in [2.24, 2.45) is 0 Å². The van der Waals surface area contributed by atoms with Gasteiger partial charge in [-0.05, 0) is 35.4 Å². The van der Waals surface area contributed by atoms with E-state index in [2.05, 4.69) is 5.32 Å². The maximum atomic E-state index is 11.9. The van der Waals surface area contributed by atoms with E-state index >= 15 is 0 Å². The number of benzene rings is 2. The second kappa shape index (κ2) is 6.56. The molecule has 2 aromatic rings. The molecule has 0 aliphatic rings. The zero-order valence-corrected chi connectivity index (χ0v) is 11.2. The van der Waals surface area contributed by atoms with Crippen LogP contribution < -0.4 is 5.32 Å². The van der Waals surface area contributed by atoms with Crippen molar-refractivity contribution in [3.8, 4) is 5.75 Å². The summed E-state index contributed by atoms with van der Waals surface area (Å²) in [4.78, 5) is 22.4. The largest absolute Gasteiger partial charge is 0.508 e. The molecule has 0 aromatic heterocycles. The van der Waals surface area contributed by atoms with Gasteiger partial charge in [0.1, 0.15) is 5.75 Å². The summed E-state index contributed by atoms with van der Waals surface area (Å²) in [6.45, 7) is 0. The van der Waals surface area contributed by atoms with Crippen molar-refractivity contribution in [3.63, 3.8) is 0 Å². The number of carboxylic acid groups (broad SMARTS) is 1. The van der Waals surface area contributed by atoms with Gasteiger partial charge in [-0.2, -0.15) is 0 Å². The normalized spacial score (nSPS) is 10.1. The third kappa shape index (κ3) is 4.65. The summed E-state index contributed by atoms with van der Waals surface area (Å²) in [6, 6.07) is 13.2. The van der Waals surface area contributed by atoms with Gasteiger partial charge in [-0.3, -0.25) is 9.59 Å². The number of amides is 1. The molecule has 0 aliphatic heterocycles. The van der Waals surface area contributed by atoms with Crippen LogP contribution in [-0.2, 0) is 22.4 Å². The van der Waals surface area contributed by atoms with Crippen molar-refractivity contribution in [2.75, 3.05) is 5.32 Å². The molecule has 0 saturated carbocycles. The Balaban J connectivity index is 1.95. The van der Waals surface area contributed by atoms with Gasteiger partial charge in [0.15, 0.2) is 0 Å². The number of hydrogen-bond acceptors (Lipinski definition) is 3. The van der Waals surface area contributed by atoms with Crippen LogP contribution in [0.1, 0.15) is 11.1 Å². The highest BCUT2D eigenvalue weighted by atomic mass is 16.4. The van der Waals surface area contributed by atoms with Crippen molar-refractivity contribution >= 4 is 17.6 Å². The lowest BCUT2D eigenvalue weighted by molar-refractivity contribution is -0.136. The Hall–Kier alpha value is -2.82. The van der Waals surface area contributed by atoms with Gasteiger partial charge in [-0.25, -0.2) is 0 Å². The summed E-state index contributed by atoms with van der Waals surface area (Å²) in [5.41, 5.74) is 2.00. The van der Waals surface area contributed by atoms with Gasteiger partial charge >= 0.3 is 5.97 Å². The van der Waals surface area contributed by atoms with Gasteiger partial charge in [-0.1, -0.05) is 24.3 Å². The Kier molecular flexibility index (Phi) is 4.56.